The molecule has 0 heterocycles. The molecule has 1 N–H and O–H groups in total. The molecule has 1 unspecified atom stereocenters. The fourth-order valence-corrected chi connectivity index (χ4v) is 1.31. The van der Waals surface area contributed by atoms with E-state index in [4.69, 9.17) is 4.74 Å². The Hall–Kier alpha value is -0.220. The van der Waals surface area contributed by atoms with Gasteiger partial charge in [-0.3, -0.25) is 4.79 Å². The van der Waals surface area contributed by atoms with Gasteiger partial charge in [0, 0.05) is 6.42 Å². The summed E-state index contributed by atoms with van der Waals surface area (Å²) in [5.74, 6) is 0.333. The predicted molar refractivity (Wildman–Crippen MR) is 55.0 cm³/mol. The maximum Gasteiger partial charge on any atom is 0.305 e. The quantitative estimate of drug-likeness (QED) is 0.510. The third kappa shape index (κ3) is 6.90. The summed E-state index contributed by atoms with van der Waals surface area (Å²) in [7, 11) is 0. The van der Waals surface area contributed by atoms with E-state index >= 15 is 0 Å². The minimum atomic E-state index is -0.939. The van der Waals surface area contributed by atoms with Crippen LogP contribution in [0.4, 0.5) is 0 Å². The van der Waals surface area contributed by atoms with Crippen molar-refractivity contribution in [3.63, 3.8) is 0 Å². The highest BCUT2D eigenvalue weighted by Gasteiger charge is 2.21. The Labute approximate surface area is 84.9 Å². The second kappa shape index (κ2) is 6.27. The van der Waals surface area contributed by atoms with E-state index in [1.54, 1.807) is 6.92 Å². The van der Waals surface area contributed by atoms with Crippen molar-refractivity contribution in [2.75, 3.05) is 12.4 Å². The summed E-state index contributed by atoms with van der Waals surface area (Å²) in [6.45, 7) is 3.61. The molecule has 1 atom stereocenters. The Morgan fingerprint density at radius 2 is 2.23 bits per heavy atom. The predicted octanol–water partition coefficient (Wildman–Crippen LogP) is 1.40. The van der Waals surface area contributed by atoms with Gasteiger partial charge >= 0.3 is 5.97 Å². The van der Waals surface area contributed by atoms with Crippen LogP contribution in [0.3, 0.4) is 0 Å². The summed E-state index contributed by atoms with van der Waals surface area (Å²) in [5, 5.41) is 9.61. The maximum atomic E-state index is 10.9. The number of hydrogen-bond acceptors (Lipinski definition) is 4. The van der Waals surface area contributed by atoms with Gasteiger partial charge < -0.3 is 9.84 Å². The fraction of sp³-hybridized carbons (Fsp3) is 0.889. The van der Waals surface area contributed by atoms with Crippen LogP contribution in [0.25, 0.3) is 0 Å². The van der Waals surface area contributed by atoms with Crippen LogP contribution in [0.2, 0.25) is 0 Å². The summed E-state index contributed by atoms with van der Waals surface area (Å²) in [6.07, 6.45) is 1.71. The Balaban J connectivity index is 3.67. The van der Waals surface area contributed by atoms with Crippen molar-refractivity contribution < 1.29 is 14.6 Å². The van der Waals surface area contributed by atoms with Gasteiger partial charge in [-0.2, -0.15) is 12.6 Å². The van der Waals surface area contributed by atoms with Gasteiger partial charge in [-0.15, -0.1) is 0 Å². The molecular formula is C9H18O3S. The van der Waals surface area contributed by atoms with E-state index in [0.717, 1.165) is 6.42 Å². The highest BCUT2D eigenvalue weighted by atomic mass is 32.1. The van der Waals surface area contributed by atoms with Gasteiger partial charge in [0.25, 0.3) is 0 Å². The molecule has 13 heavy (non-hydrogen) atoms. The van der Waals surface area contributed by atoms with Crippen LogP contribution >= 0.6 is 12.6 Å². The molecule has 0 saturated carbocycles. The average molecular weight is 206 g/mol. The third-order valence-corrected chi connectivity index (χ3v) is 1.87. The zero-order valence-electron chi connectivity index (χ0n) is 8.25. The van der Waals surface area contributed by atoms with Gasteiger partial charge in [0.05, 0.1) is 5.60 Å². The first kappa shape index (κ1) is 12.8. The molecule has 0 saturated heterocycles. The number of rotatable bonds is 6. The molecule has 0 aliphatic rings. The standard InChI is InChI=1S/C9H18O3S/c1-3-4-8(10)12-7-9(2,11)5-6-13/h11,13H,3-7H2,1-2H3. The van der Waals surface area contributed by atoms with E-state index in [1.165, 1.54) is 0 Å². The largest absolute Gasteiger partial charge is 0.463 e. The topological polar surface area (TPSA) is 46.5 Å². The van der Waals surface area contributed by atoms with E-state index in [2.05, 4.69) is 12.6 Å². The van der Waals surface area contributed by atoms with Gasteiger partial charge in [-0.05, 0) is 25.5 Å². The van der Waals surface area contributed by atoms with Gasteiger partial charge in [-0.25, -0.2) is 0 Å². The minimum Gasteiger partial charge on any atom is -0.463 e. The smallest absolute Gasteiger partial charge is 0.305 e. The number of thiol groups is 1. The third-order valence-electron chi connectivity index (χ3n) is 1.65. The van der Waals surface area contributed by atoms with Crippen molar-refractivity contribution >= 4 is 18.6 Å². The lowest BCUT2D eigenvalue weighted by Gasteiger charge is -2.21. The second-order valence-corrected chi connectivity index (χ2v) is 3.83. The van der Waals surface area contributed by atoms with Crippen molar-refractivity contribution in [1.82, 2.24) is 0 Å². The molecule has 78 valence electrons. The normalized spacial score (nSPS) is 15.1. The van der Waals surface area contributed by atoms with E-state index < -0.39 is 5.60 Å². The molecule has 0 spiro atoms. The molecule has 0 fully saturated rings. The van der Waals surface area contributed by atoms with Crippen molar-refractivity contribution in [2.45, 2.75) is 38.7 Å². The van der Waals surface area contributed by atoms with Crippen LogP contribution in [0.15, 0.2) is 0 Å². The molecule has 0 rings (SSSR count). The lowest BCUT2D eigenvalue weighted by Crippen LogP contribution is -2.32. The van der Waals surface area contributed by atoms with E-state index in [1.807, 2.05) is 6.92 Å². The monoisotopic (exact) mass is 206 g/mol. The van der Waals surface area contributed by atoms with Crippen LogP contribution < -0.4 is 0 Å². The van der Waals surface area contributed by atoms with Gasteiger partial charge in [0.1, 0.15) is 6.61 Å². The number of carbonyl (C=O) groups is 1. The Kier molecular flexibility index (Phi) is 6.16. The zero-order chi connectivity index (χ0) is 10.3. The highest BCUT2D eigenvalue weighted by molar-refractivity contribution is 7.80. The van der Waals surface area contributed by atoms with Gasteiger partial charge in [0.15, 0.2) is 0 Å². The Bertz CT molecular complexity index is 157. The lowest BCUT2D eigenvalue weighted by molar-refractivity contribution is -0.150. The first-order valence-electron chi connectivity index (χ1n) is 4.50. The zero-order valence-corrected chi connectivity index (χ0v) is 9.14. The molecule has 0 amide bonds. The molecule has 0 aromatic carbocycles. The Morgan fingerprint density at radius 1 is 1.62 bits per heavy atom. The fourth-order valence-electron chi connectivity index (χ4n) is 0.825. The molecule has 0 aliphatic carbocycles. The van der Waals surface area contributed by atoms with Crippen LogP contribution in [0, 0.1) is 0 Å². The van der Waals surface area contributed by atoms with Crippen LogP contribution in [-0.4, -0.2) is 29.0 Å². The van der Waals surface area contributed by atoms with Crippen molar-refractivity contribution in [3.05, 3.63) is 0 Å². The number of aliphatic hydroxyl groups is 1. The van der Waals surface area contributed by atoms with Gasteiger partial charge in [-0.1, -0.05) is 6.92 Å². The summed E-state index contributed by atoms with van der Waals surface area (Å²) < 4.78 is 4.88. The molecule has 4 heteroatoms. The van der Waals surface area contributed by atoms with E-state index in [-0.39, 0.29) is 12.6 Å². The van der Waals surface area contributed by atoms with Crippen LogP contribution in [0.5, 0.6) is 0 Å². The second-order valence-electron chi connectivity index (χ2n) is 3.38. The number of esters is 1. The molecule has 0 bridgehead atoms. The minimum absolute atomic E-state index is 0.0619. The summed E-state index contributed by atoms with van der Waals surface area (Å²) in [4.78, 5) is 10.9. The van der Waals surface area contributed by atoms with Crippen molar-refractivity contribution in [2.24, 2.45) is 0 Å². The van der Waals surface area contributed by atoms with E-state index in [0.29, 0.717) is 18.6 Å². The molecular weight excluding hydrogens is 188 g/mol. The Morgan fingerprint density at radius 3 is 2.69 bits per heavy atom. The summed E-state index contributed by atoms with van der Waals surface area (Å²) >= 11 is 4.00. The van der Waals surface area contributed by atoms with Crippen molar-refractivity contribution in [3.8, 4) is 0 Å². The molecule has 0 aliphatic heterocycles. The first-order valence-corrected chi connectivity index (χ1v) is 5.14. The summed E-state index contributed by atoms with van der Waals surface area (Å²) in [5.41, 5.74) is -0.939. The van der Waals surface area contributed by atoms with Crippen LogP contribution in [-0.2, 0) is 9.53 Å². The van der Waals surface area contributed by atoms with Gasteiger partial charge in [0.2, 0.25) is 0 Å². The van der Waals surface area contributed by atoms with Crippen LogP contribution in [0.1, 0.15) is 33.1 Å². The summed E-state index contributed by atoms with van der Waals surface area (Å²) in [6, 6.07) is 0. The number of ether oxygens (including phenoxy) is 1. The molecule has 0 aromatic heterocycles. The number of hydrogen-bond donors (Lipinski definition) is 2. The first-order chi connectivity index (χ1) is 6.02. The van der Waals surface area contributed by atoms with E-state index in [9.17, 15) is 9.90 Å². The number of carbonyl (C=O) groups excluding carboxylic acids is 1. The van der Waals surface area contributed by atoms with Crippen molar-refractivity contribution in [1.29, 1.82) is 0 Å². The molecule has 0 aromatic rings. The molecule has 3 nitrogen and oxygen atoms in total. The lowest BCUT2D eigenvalue weighted by atomic mass is 10.1. The SMILES string of the molecule is CCCC(=O)OCC(C)(O)CCS. The highest BCUT2D eigenvalue weighted by Crippen LogP contribution is 2.10. The molecule has 0 radical (unpaired) electrons. The maximum absolute atomic E-state index is 10.9. The average Bonchev–Trinajstić information content (AvgIpc) is 2.02.